The molecule has 4 rings (SSSR count). The van der Waals surface area contributed by atoms with E-state index in [4.69, 9.17) is 4.74 Å². The molecule has 0 saturated heterocycles. The van der Waals surface area contributed by atoms with Gasteiger partial charge < -0.3 is 10.1 Å². The monoisotopic (exact) mass is 474 g/mol. The van der Waals surface area contributed by atoms with Crippen LogP contribution in [0.15, 0.2) is 102 Å². The molecule has 0 bridgehead atoms. The molecular weight excluding hydrogens is 444 g/mol. The molecule has 0 fully saturated rings. The summed E-state index contributed by atoms with van der Waals surface area (Å²) in [7, 11) is -2.14. The van der Waals surface area contributed by atoms with Crippen molar-refractivity contribution in [2.75, 3.05) is 13.7 Å². The fourth-order valence-corrected chi connectivity index (χ4v) is 5.39. The van der Waals surface area contributed by atoms with Gasteiger partial charge in [0, 0.05) is 18.6 Å². The van der Waals surface area contributed by atoms with Gasteiger partial charge in [0.15, 0.2) is 0 Å². The molecule has 0 aliphatic rings. The standard InChI is InChI=1S/C28H30N2O3S/c1-21(27-14-8-12-23-11-6-7-13-28(23)27)29-20-24(19-22-9-4-3-5-10-22)30-34(31,32)26-17-15-25(33-2)16-18-26/h3-18,21,24,29-30H,19-20H2,1-2H3. The first-order valence-corrected chi connectivity index (χ1v) is 12.9. The second kappa shape index (κ2) is 10.8. The van der Waals surface area contributed by atoms with E-state index in [0.29, 0.717) is 18.7 Å². The summed E-state index contributed by atoms with van der Waals surface area (Å²) in [5.41, 5.74) is 2.26. The predicted octanol–water partition coefficient (Wildman–Crippen LogP) is 5.09. The van der Waals surface area contributed by atoms with Gasteiger partial charge in [-0.2, -0.15) is 0 Å². The van der Waals surface area contributed by atoms with Crippen molar-refractivity contribution in [3.63, 3.8) is 0 Å². The summed E-state index contributed by atoms with van der Waals surface area (Å²) in [5, 5.41) is 5.94. The van der Waals surface area contributed by atoms with E-state index in [-0.39, 0.29) is 17.0 Å². The van der Waals surface area contributed by atoms with Crippen LogP contribution in [0.3, 0.4) is 0 Å². The number of rotatable bonds is 10. The van der Waals surface area contributed by atoms with Gasteiger partial charge in [-0.05, 0) is 59.5 Å². The fourth-order valence-electron chi connectivity index (χ4n) is 4.15. The minimum atomic E-state index is -3.70. The predicted molar refractivity (Wildman–Crippen MR) is 138 cm³/mol. The molecule has 176 valence electrons. The van der Waals surface area contributed by atoms with Gasteiger partial charge in [0.05, 0.1) is 12.0 Å². The van der Waals surface area contributed by atoms with E-state index in [1.807, 2.05) is 42.5 Å². The Kier molecular flexibility index (Phi) is 7.63. The molecule has 0 aliphatic carbocycles. The highest BCUT2D eigenvalue weighted by Gasteiger charge is 2.21. The normalized spacial score (nSPS) is 13.5. The fraction of sp³-hybridized carbons (Fsp3) is 0.214. The maximum Gasteiger partial charge on any atom is 0.240 e. The van der Waals surface area contributed by atoms with Crippen molar-refractivity contribution in [3.8, 4) is 5.75 Å². The van der Waals surface area contributed by atoms with Crippen LogP contribution < -0.4 is 14.8 Å². The van der Waals surface area contributed by atoms with Crippen LogP contribution in [0.1, 0.15) is 24.1 Å². The van der Waals surface area contributed by atoms with Gasteiger partial charge in [-0.25, -0.2) is 13.1 Å². The Labute approximate surface area is 201 Å². The molecule has 0 aromatic heterocycles. The topological polar surface area (TPSA) is 67.4 Å². The molecule has 0 spiro atoms. The second-order valence-electron chi connectivity index (χ2n) is 8.38. The Balaban J connectivity index is 1.53. The van der Waals surface area contributed by atoms with Gasteiger partial charge in [-0.1, -0.05) is 72.8 Å². The molecule has 4 aromatic carbocycles. The first-order valence-electron chi connectivity index (χ1n) is 11.4. The lowest BCUT2D eigenvalue weighted by Gasteiger charge is -2.23. The minimum Gasteiger partial charge on any atom is -0.497 e. The lowest BCUT2D eigenvalue weighted by Crippen LogP contribution is -2.44. The second-order valence-corrected chi connectivity index (χ2v) is 10.1. The van der Waals surface area contributed by atoms with Crippen molar-refractivity contribution in [2.45, 2.75) is 30.3 Å². The number of ether oxygens (including phenoxy) is 1. The molecule has 6 heteroatoms. The Morgan fingerprint density at radius 3 is 2.24 bits per heavy atom. The lowest BCUT2D eigenvalue weighted by molar-refractivity contribution is 0.414. The van der Waals surface area contributed by atoms with E-state index >= 15 is 0 Å². The summed E-state index contributed by atoms with van der Waals surface area (Å²) in [5.74, 6) is 0.616. The van der Waals surface area contributed by atoms with E-state index in [0.717, 1.165) is 5.56 Å². The van der Waals surface area contributed by atoms with Gasteiger partial charge >= 0.3 is 0 Å². The van der Waals surface area contributed by atoms with Crippen LogP contribution in [0.4, 0.5) is 0 Å². The number of fused-ring (bicyclic) bond motifs is 1. The van der Waals surface area contributed by atoms with Crippen molar-refractivity contribution >= 4 is 20.8 Å². The lowest BCUT2D eigenvalue weighted by atomic mass is 9.99. The van der Waals surface area contributed by atoms with Gasteiger partial charge in [0.2, 0.25) is 10.0 Å². The van der Waals surface area contributed by atoms with Crippen molar-refractivity contribution < 1.29 is 13.2 Å². The molecule has 0 heterocycles. The summed E-state index contributed by atoms with van der Waals surface area (Å²) < 4.78 is 34.3. The molecule has 0 saturated carbocycles. The van der Waals surface area contributed by atoms with Gasteiger partial charge in [0.25, 0.3) is 0 Å². The van der Waals surface area contributed by atoms with Crippen LogP contribution in [0.5, 0.6) is 5.75 Å². The Hall–Kier alpha value is -3.19. The Morgan fingerprint density at radius 1 is 0.824 bits per heavy atom. The van der Waals surface area contributed by atoms with Crippen LogP contribution in [-0.4, -0.2) is 28.1 Å². The van der Waals surface area contributed by atoms with Crippen LogP contribution in [0.25, 0.3) is 10.8 Å². The quantitative estimate of drug-likeness (QED) is 0.336. The summed E-state index contributed by atoms with van der Waals surface area (Å²) in [6, 6.07) is 30.7. The molecule has 4 aromatic rings. The molecule has 5 nitrogen and oxygen atoms in total. The van der Waals surface area contributed by atoms with Crippen LogP contribution in [0, 0.1) is 0 Å². The van der Waals surface area contributed by atoms with Crippen molar-refractivity contribution in [1.82, 2.24) is 10.0 Å². The molecule has 0 aliphatic heterocycles. The van der Waals surface area contributed by atoms with Crippen LogP contribution in [0.2, 0.25) is 0 Å². The van der Waals surface area contributed by atoms with Gasteiger partial charge in [-0.3, -0.25) is 0 Å². The number of hydrogen-bond donors (Lipinski definition) is 2. The highest BCUT2D eigenvalue weighted by molar-refractivity contribution is 7.89. The van der Waals surface area contributed by atoms with Crippen molar-refractivity contribution in [3.05, 3.63) is 108 Å². The molecule has 2 N–H and O–H groups in total. The zero-order valence-electron chi connectivity index (χ0n) is 19.4. The maximum absolute atomic E-state index is 13.1. The number of benzene rings is 4. The molecule has 34 heavy (non-hydrogen) atoms. The summed E-state index contributed by atoms with van der Waals surface area (Å²) in [4.78, 5) is 0.216. The molecular formula is C28H30N2O3S. The van der Waals surface area contributed by atoms with Gasteiger partial charge in [0.1, 0.15) is 5.75 Å². The summed E-state index contributed by atoms with van der Waals surface area (Å²) in [6.07, 6.45) is 0.575. The Morgan fingerprint density at radius 2 is 1.50 bits per heavy atom. The molecule has 0 radical (unpaired) electrons. The van der Waals surface area contributed by atoms with E-state index in [2.05, 4.69) is 47.3 Å². The van der Waals surface area contributed by atoms with E-state index in [1.54, 1.807) is 31.4 Å². The molecule has 2 atom stereocenters. The first kappa shape index (κ1) is 24.0. The van der Waals surface area contributed by atoms with Crippen LogP contribution >= 0.6 is 0 Å². The van der Waals surface area contributed by atoms with Gasteiger partial charge in [-0.15, -0.1) is 0 Å². The van der Waals surface area contributed by atoms with E-state index < -0.39 is 10.0 Å². The van der Waals surface area contributed by atoms with E-state index in [1.165, 1.54) is 16.3 Å². The van der Waals surface area contributed by atoms with Crippen LogP contribution in [-0.2, 0) is 16.4 Å². The summed E-state index contributed by atoms with van der Waals surface area (Å²) in [6.45, 7) is 2.59. The largest absolute Gasteiger partial charge is 0.497 e. The van der Waals surface area contributed by atoms with Crippen molar-refractivity contribution in [2.24, 2.45) is 0 Å². The first-order chi connectivity index (χ1) is 16.5. The summed E-state index contributed by atoms with van der Waals surface area (Å²) >= 11 is 0. The third kappa shape index (κ3) is 5.83. The Bertz CT molecular complexity index is 1320. The molecule has 0 amide bonds. The van der Waals surface area contributed by atoms with Crippen molar-refractivity contribution in [1.29, 1.82) is 0 Å². The number of nitrogens with one attached hydrogen (secondary N) is 2. The van der Waals surface area contributed by atoms with E-state index in [9.17, 15) is 8.42 Å². The highest BCUT2D eigenvalue weighted by Crippen LogP contribution is 2.24. The number of hydrogen-bond acceptors (Lipinski definition) is 4. The zero-order valence-corrected chi connectivity index (χ0v) is 20.3. The zero-order chi connectivity index (χ0) is 24.0. The number of methoxy groups -OCH3 is 1. The number of sulfonamides is 1. The smallest absolute Gasteiger partial charge is 0.240 e. The SMILES string of the molecule is COc1ccc(S(=O)(=O)NC(CNC(C)c2cccc3ccccc23)Cc2ccccc2)cc1. The third-order valence-corrected chi connectivity index (χ3v) is 7.51. The highest BCUT2D eigenvalue weighted by atomic mass is 32.2. The average Bonchev–Trinajstić information content (AvgIpc) is 2.87. The third-order valence-electron chi connectivity index (χ3n) is 5.98. The minimum absolute atomic E-state index is 0.0508. The maximum atomic E-state index is 13.1. The average molecular weight is 475 g/mol. The molecule has 2 unspecified atom stereocenters.